The minimum Gasteiger partial charge on any atom is -0.385 e. The van der Waals surface area contributed by atoms with E-state index in [0.717, 1.165) is 23.2 Å². The van der Waals surface area contributed by atoms with Crippen molar-refractivity contribution >= 4 is 11.9 Å². The van der Waals surface area contributed by atoms with Gasteiger partial charge < -0.3 is 20.3 Å². The molecule has 1 aromatic carbocycles. The number of carbonyl (C=O) groups is 2. The predicted octanol–water partition coefficient (Wildman–Crippen LogP) is 2.21. The molecule has 1 aliphatic rings. The van der Waals surface area contributed by atoms with Gasteiger partial charge in [-0.15, -0.1) is 5.10 Å². The number of benzene rings is 1. The third kappa shape index (κ3) is 5.41. The molecule has 2 heterocycles. The number of ether oxygens (including phenoxy) is 1. The summed E-state index contributed by atoms with van der Waals surface area (Å²) < 4.78 is 6.72. The lowest BCUT2D eigenvalue weighted by molar-refractivity contribution is 0.0943. The van der Waals surface area contributed by atoms with Gasteiger partial charge in [-0.1, -0.05) is 17.3 Å². The molecular weight excluding hydrogens is 396 g/mol. The summed E-state index contributed by atoms with van der Waals surface area (Å²) in [6, 6.07) is 5.90. The van der Waals surface area contributed by atoms with Crippen LogP contribution in [0.5, 0.6) is 0 Å². The van der Waals surface area contributed by atoms with E-state index in [1.807, 2.05) is 50.8 Å². The average molecular weight is 429 g/mol. The van der Waals surface area contributed by atoms with E-state index >= 15 is 0 Å². The van der Waals surface area contributed by atoms with E-state index in [1.54, 1.807) is 11.8 Å². The molecule has 0 spiro atoms. The number of hydrogen-bond donors (Lipinski definition) is 2. The highest BCUT2D eigenvalue weighted by Gasteiger charge is 2.26. The van der Waals surface area contributed by atoms with E-state index in [4.69, 9.17) is 4.74 Å². The molecule has 168 valence electrons. The van der Waals surface area contributed by atoms with E-state index in [1.165, 1.54) is 0 Å². The molecule has 2 aromatic rings. The molecular formula is C22H32N6O3. The van der Waals surface area contributed by atoms with Crippen molar-refractivity contribution < 1.29 is 14.3 Å². The van der Waals surface area contributed by atoms with Crippen molar-refractivity contribution in [2.45, 2.75) is 52.6 Å². The fourth-order valence-corrected chi connectivity index (χ4v) is 3.63. The predicted molar refractivity (Wildman–Crippen MR) is 117 cm³/mol. The van der Waals surface area contributed by atoms with Crippen molar-refractivity contribution in [2.24, 2.45) is 0 Å². The highest BCUT2D eigenvalue weighted by Crippen LogP contribution is 2.26. The van der Waals surface area contributed by atoms with Crippen LogP contribution in [0.2, 0.25) is 0 Å². The maximum atomic E-state index is 12.6. The number of hydrogen-bond acceptors (Lipinski definition) is 5. The van der Waals surface area contributed by atoms with Crippen molar-refractivity contribution in [2.75, 3.05) is 26.8 Å². The summed E-state index contributed by atoms with van der Waals surface area (Å²) in [6.07, 6.45) is 1.45. The second-order valence-electron chi connectivity index (χ2n) is 8.80. The zero-order valence-electron chi connectivity index (χ0n) is 19.0. The Balaban J connectivity index is 1.78. The van der Waals surface area contributed by atoms with Gasteiger partial charge >= 0.3 is 6.03 Å². The van der Waals surface area contributed by atoms with Crippen LogP contribution in [-0.4, -0.2) is 64.2 Å². The van der Waals surface area contributed by atoms with Crippen LogP contribution in [0.4, 0.5) is 4.79 Å². The van der Waals surface area contributed by atoms with Crippen molar-refractivity contribution in [3.05, 3.63) is 40.7 Å². The Morgan fingerprint density at radius 3 is 2.74 bits per heavy atom. The van der Waals surface area contributed by atoms with E-state index in [2.05, 4.69) is 20.9 Å². The summed E-state index contributed by atoms with van der Waals surface area (Å²) in [5.41, 5.74) is 3.83. The smallest absolute Gasteiger partial charge is 0.318 e. The lowest BCUT2D eigenvalue weighted by Gasteiger charge is -2.33. The molecule has 1 aliphatic heterocycles. The standard InChI is InChI=1S/C22H32N6O3/c1-15-19(20(29)23-11-7-13-31-5)25-26-28(15)18-9-6-8-16-14-27(12-10-17(16)18)21(30)24-22(2,3)4/h6,8-9H,7,10-14H2,1-5H3,(H,23,29)(H,24,30). The fourth-order valence-electron chi connectivity index (χ4n) is 3.63. The molecule has 9 heteroatoms. The first-order valence-electron chi connectivity index (χ1n) is 10.6. The number of nitrogens with zero attached hydrogens (tertiary/aromatic N) is 4. The Morgan fingerprint density at radius 1 is 1.26 bits per heavy atom. The second-order valence-corrected chi connectivity index (χ2v) is 8.80. The van der Waals surface area contributed by atoms with Gasteiger partial charge in [0, 0.05) is 38.9 Å². The average Bonchev–Trinajstić information content (AvgIpc) is 3.10. The molecule has 0 saturated carbocycles. The van der Waals surface area contributed by atoms with Crippen LogP contribution in [0.25, 0.3) is 5.69 Å². The van der Waals surface area contributed by atoms with Gasteiger partial charge in [0.15, 0.2) is 5.69 Å². The number of nitrogens with one attached hydrogen (secondary N) is 2. The zero-order valence-corrected chi connectivity index (χ0v) is 19.0. The molecule has 0 unspecified atom stereocenters. The summed E-state index contributed by atoms with van der Waals surface area (Å²) in [7, 11) is 1.63. The third-order valence-electron chi connectivity index (χ3n) is 5.16. The molecule has 0 bridgehead atoms. The lowest BCUT2D eigenvalue weighted by Crippen LogP contribution is -2.49. The molecule has 0 atom stereocenters. The Labute approximate surface area is 183 Å². The first kappa shape index (κ1) is 22.7. The summed E-state index contributed by atoms with van der Waals surface area (Å²) in [6.45, 7) is 10.0. The monoisotopic (exact) mass is 428 g/mol. The minimum atomic E-state index is -0.280. The number of aromatic nitrogens is 3. The van der Waals surface area contributed by atoms with E-state index in [-0.39, 0.29) is 17.5 Å². The summed E-state index contributed by atoms with van der Waals surface area (Å²) in [5.74, 6) is -0.241. The molecule has 2 N–H and O–H groups in total. The fraction of sp³-hybridized carbons (Fsp3) is 0.545. The summed E-state index contributed by atoms with van der Waals surface area (Å²) in [5, 5.41) is 14.2. The van der Waals surface area contributed by atoms with Gasteiger partial charge in [-0.05, 0) is 57.7 Å². The van der Waals surface area contributed by atoms with Crippen LogP contribution in [0, 0.1) is 6.92 Å². The topological polar surface area (TPSA) is 101 Å². The van der Waals surface area contributed by atoms with Gasteiger partial charge in [-0.25, -0.2) is 9.48 Å². The molecule has 0 saturated heterocycles. The van der Waals surface area contributed by atoms with Crippen LogP contribution >= 0.6 is 0 Å². The molecule has 0 radical (unpaired) electrons. The van der Waals surface area contributed by atoms with Gasteiger partial charge in [-0.3, -0.25) is 4.79 Å². The first-order valence-corrected chi connectivity index (χ1v) is 10.6. The minimum absolute atomic E-state index is 0.0621. The third-order valence-corrected chi connectivity index (χ3v) is 5.16. The normalized spacial score (nSPS) is 13.6. The number of urea groups is 1. The Hall–Kier alpha value is -2.94. The van der Waals surface area contributed by atoms with Crippen LogP contribution in [0.1, 0.15) is 54.5 Å². The van der Waals surface area contributed by atoms with Gasteiger partial charge in [0.25, 0.3) is 5.91 Å². The van der Waals surface area contributed by atoms with Crippen molar-refractivity contribution in [3.8, 4) is 5.69 Å². The largest absolute Gasteiger partial charge is 0.385 e. The van der Waals surface area contributed by atoms with E-state index < -0.39 is 0 Å². The van der Waals surface area contributed by atoms with Crippen molar-refractivity contribution in [1.29, 1.82) is 0 Å². The SMILES string of the molecule is COCCCNC(=O)c1nnn(-c2cccc3c2CCN(C(=O)NC(C)(C)C)C3)c1C. The van der Waals surface area contributed by atoms with E-state index in [9.17, 15) is 9.59 Å². The lowest BCUT2D eigenvalue weighted by atomic mass is 9.97. The van der Waals surface area contributed by atoms with Gasteiger partial charge in [-0.2, -0.15) is 0 Å². The van der Waals surface area contributed by atoms with Crippen LogP contribution in [0.15, 0.2) is 18.2 Å². The Kier molecular flexibility index (Phi) is 6.94. The van der Waals surface area contributed by atoms with Crippen molar-refractivity contribution in [3.63, 3.8) is 0 Å². The van der Waals surface area contributed by atoms with Crippen LogP contribution in [-0.2, 0) is 17.7 Å². The number of methoxy groups -OCH3 is 1. The number of rotatable bonds is 6. The second kappa shape index (κ2) is 9.47. The van der Waals surface area contributed by atoms with E-state index in [0.29, 0.717) is 44.0 Å². The molecule has 31 heavy (non-hydrogen) atoms. The van der Waals surface area contributed by atoms with Gasteiger partial charge in [0.05, 0.1) is 11.4 Å². The number of carbonyl (C=O) groups excluding carboxylic acids is 2. The Morgan fingerprint density at radius 2 is 2.03 bits per heavy atom. The number of fused-ring (bicyclic) bond motifs is 1. The molecule has 0 fully saturated rings. The zero-order chi connectivity index (χ0) is 22.6. The molecule has 3 rings (SSSR count). The quantitative estimate of drug-likeness (QED) is 0.687. The first-order chi connectivity index (χ1) is 14.7. The number of amides is 3. The van der Waals surface area contributed by atoms with Gasteiger partial charge in [0.1, 0.15) is 0 Å². The van der Waals surface area contributed by atoms with Crippen LogP contribution in [0.3, 0.4) is 0 Å². The molecule has 0 aliphatic carbocycles. The summed E-state index contributed by atoms with van der Waals surface area (Å²) in [4.78, 5) is 26.9. The maximum absolute atomic E-state index is 12.6. The van der Waals surface area contributed by atoms with Crippen LogP contribution < -0.4 is 10.6 Å². The van der Waals surface area contributed by atoms with Crippen molar-refractivity contribution in [1.82, 2.24) is 30.5 Å². The molecule has 1 aromatic heterocycles. The Bertz CT molecular complexity index is 947. The molecule has 3 amide bonds. The highest BCUT2D eigenvalue weighted by atomic mass is 16.5. The van der Waals surface area contributed by atoms with Gasteiger partial charge in [0.2, 0.25) is 0 Å². The highest BCUT2D eigenvalue weighted by molar-refractivity contribution is 5.93. The maximum Gasteiger partial charge on any atom is 0.318 e. The summed E-state index contributed by atoms with van der Waals surface area (Å²) >= 11 is 0. The molecule has 9 nitrogen and oxygen atoms in total.